The van der Waals surface area contributed by atoms with Crippen molar-refractivity contribution in [2.75, 3.05) is 26.4 Å². The molecule has 1 N–H and O–H groups in total. The first-order valence-corrected chi connectivity index (χ1v) is 5.21. The van der Waals surface area contributed by atoms with Gasteiger partial charge in [0.1, 0.15) is 6.04 Å². The van der Waals surface area contributed by atoms with Crippen molar-refractivity contribution in [2.24, 2.45) is 5.92 Å². The van der Waals surface area contributed by atoms with Gasteiger partial charge in [-0.05, 0) is 26.2 Å². The Hall–Kier alpha value is -0.610. The molecule has 1 rings (SSSR count). The predicted octanol–water partition coefficient (Wildman–Crippen LogP) is 0.564. The zero-order valence-corrected chi connectivity index (χ0v) is 8.91. The molecular weight excluding hydrogens is 182 g/mol. The van der Waals surface area contributed by atoms with Gasteiger partial charge in [-0.1, -0.05) is 0 Å². The number of rotatable bonds is 5. The van der Waals surface area contributed by atoms with Gasteiger partial charge in [0.05, 0.1) is 13.2 Å². The topological polar surface area (TPSA) is 47.6 Å². The van der Waals surface area contributed by atoms with Crippen LogP contribution < -0.4 is 5.32 Å². The molecule has 0 aliphatic carbocycles. The Morgan fingerprint density at radius 3 is 3.07 bits per heavy atom. The first kappa shape index (κ1) is 11.5. The summed E-state index contributed by atoms with van der Waals surface area (Å²) in [7, 11) is 0. The minimum Gasteiger partial charge on any atom is -0.465 e. The van der Waals surface area contributed by atoms with Crippen LogP contribution in [-0.4, -0.2) is 38.4 Å². The zero-order chi connectivity index (χ0) is 10.4. The Morgan fingerprint density at radius 1 is 1.71 bits per heavy atom. The minimum absolute atomic E-state index is 0.175. The largest absolute Gasteiger partial charge is 0.465 e. The Labute approximate surface area is 85.0 Å². The van der Waals surface area contributed by atoms with Gasteiger partial charge in [-0.25, -0.2) is 0 Å². The minimum atomic E-state index is -0.212. The van der Waals surface area contributed by atoms with Crippen molar-refractivity contribution in [1.29, 1.82) is 0 Å². The molecule has 0 amide bonds. The molecule has 1 fully saturated rings. The van der Waals surface area contributed by atoms with Crippen molar-refractivity contribution in [3.05, 3.63) is 0 Å². The summed E-state index contributed by atoms with van der Waals surface area (Å²) in [5, 5.41) is 3.15. The van der Waals surface area contributed by atoms with Gasteiger partial charge in [0.15, 0.2) is 0 Å². The van der Waals surface area contributed by atoms with Crippen LogP contribution in [0.25, 0.3) is 0 Å². The van der Waals surface area contributed by atoms with Crippen LogP contribution in [0.15, 0.2) is 0 Å². The van der Waals surface area contributed by atoms with Crippen LogP contribution in [0.3, 0.4) is 0 Å². The van der Waals surface area contributed by atoms with E-state index in [0.717, 1.165) is 26.2 Å². The lowest BCUT2D eigenvalue weighted by atomic mass is 10.1. The molecule has 82 valence electrons. The normalized spacial score (nSPS) is 23.4. The molecule has 4 nitrogen and oxygen atoms in total. The second kappa shape index (κ2) is 5.98. The highest BCUT2D eigenvalue weighted by Crippen LogP contribution is 2.10. The van der Waals surface area contributed by atoms with E-state index in [2.05, 4.69) is 5.32 Å². The Balaban J connectivity index is 2.13. The third-order valence-corrected chi connectivity index (χ3v) is 2.38. The van der Waals surface area contributed by atoms with Crippen molar-refractivity contribution < 1.29 is 14.3 Å². The van der Waals surface area contributed by atoms with Gasteiger partial charge in [-0.3, -0.25) is 4.79 Å². The molecule has 4 heteroatoms. The van der Waals surface area contributed by atoms with E-state index in [0.29, 0.717) is 12.5 Å². The van der Waals surface area contributed by atoms with Crippen molar-refractivity contribution in [2.45, 2.75) is 26.3 Å². The van der Waals surface area contributed by atoms with Crippen LogP contribution in [0.1, 0.15) is 20.3 Å². The summed E-state index contributed by atoms with van der Waals surface area (Å²) < 4.78 is 10.1. The van der Waals surface area contributed by atoms with Crippen molar-refractivity contribution >= 4 is 5.97 Å². The van der Waals surface area contributed by atoms with E-state index >= 15 is 0 Å². The predicted molar refractivity (Wildman–Crippen MR) is 53.0 cm³/mol. The third-order valence-electron chi connectivity index (χ3n) is 2.38. The number of carbonyl (C=O) groups is 1. The van der Waals surface area contributed by atoms with Crippen LogP contribution >= 0.6 is 0 Å². The second-order valence-electron chi connectivity index (χ2n) is 3.61. The van der Waals surface area contributed by atoms with Crippen LogP contribution in [0, 0.1) is 5.92 Å². The van der Waals surface area contributed by atoms with Crippen LogP contribution in [-0.2, 0) is 14.3 Å². The van der Waals surface area contributed by atoms with E-state index in [9.17, 15) is 4.79 Å². The summed E-state index contributed by atoms with van der Waals surface area (Å²) >= 11 is 0. The zero-order valence-electron chi connectivity index (χ0n) is 8.91. The lowest BCUT2D eigenvalue weighted by molar-refractivity contribution is -0.145. The Kier molecular flexibility index (Phi) is 4.90. The molecule has 0 bridgehead atoms. The molecule has 0 aromatic heterocycles. The molecular formula is C10H19NO3. The lowest BCUT2D eigenvalue weighted by Gasteiger charge is -2.14. The third kappa shape index (κ3) is 3.64. The second-order valence-corrected chi connectivity index (χ2v) is 3.61. The van der Waals surface area contributed by atoms with Crippen molar-refractivity contribution in [3.63, 3.8) is 0 Å². The molecule has 1 aliphatic rings. The van der Waals surface area contributed by atoms with Crippen LogP contribution in [0.4, 0.5) is 0 Å². The maximum Gasteiger partial charge on any atom is 0.322 e. The summed E-state index contributed by atoms with van der Waals surface area (Å²) in [5.41, 5.74) is 0. The van der Waals surface area contributed by atoms with Crippen LogP contribution in [0.2, 0.25) is 0 Å². The average molecular weight is 201 g/mol. The quantitative estimate of drug-likeness (QED) is 0.660. The Morgan fingerprint density at radius 2 is 2.50 bits per heavy atom. The van der Waals surface area contributed by atoms with Gasteiger partial charge >= 0.3 is 5.97 Å². The van der Waals surface area contributed by atoms with E-state index in [1.54, 1.807) is 0 Å². The molecule has 2 atom stereocenters. The number of esters is 1. The van der Waals surface area contributed by atoms with Crippen molar-refractivity contribution in [1.82, 2.24) is 5.32 Å². The Bertz CT molecular complexity index is 178. The highest BCUT2D eigenvalue weighted by Gasteiger charge is 2.18. The average Bonchev–Trinajstić information content (AvgIpc) is 2.67. The molecule has 1 heterocycles. The van der Waals surface area contributed by atoms with Gasteiger partial charge in [0.2, 0.25) is 0 Å². The van der Waals surface area contributed by atoms with Gasteiger partial charge in [0, 0.05) is 13.2 Å². The number of hydrogen-bond donors (Lipinski definition) is 1. The van der Waals surface area contributed by atoms with E-state index in [4.69, 9.17) is 9.47 Å². The SMILES string of the molecule is CCOC(=O)C(C)NCC1CCOC1. The summed E-state index contributed by atoms with van der Waals surface area (Å²) in [5.74, 6) is 0.373. The standard InChI is InChI=1S/C10H19NO3/c1-3-14-10(12)8(2)11-6-9-4-5-13-7-9/h8-9,11H,3-7H2,1-2H3. The van der Waals surface area contributed by atoms with E-state index in [-0.39, 0.29) is 12.0 Å². The first-order valence-electron chi connectivity index (χ1n) is 5.21. The monoisotopic (exact) mass is 201 g/mol. The maximum absolute atomic E-state index is 11.2. The molecule has 2 unspecified atom stereocenters. The molecule has 0 aromatic carbocycles. The highest BCUT2D eigenvalue weighted by molar-refractivity contribution is 5.75. The van der Waals surface area contributed by atoms with Gasteiger partial charge in [0.25, 0.3) is 0 Å². The summed E-state index contributed by atoms with van der Waals surface area (Å²) in [4.78, 5) is 11.2. The highest BCUT2D eigenvalue weighted by atomic mass is 16.5. The molecule has 0 radical (unpaired) electrons. The maximum atomic E-state index is 11.2. The number of ether oxygens (including phenoxy) is 2. The lowest BCUT2D eigenvalue weighted by Crippen LogP contribution is -2.38. The van der Waals surface area contributed by atoms with Gasteiger partial charge in [-0.15, -0.1) is 0 Å². The van der Waals surface area contributed by atoms with Gasteiger partial charge < -0.3 is 14.8 Å². The fraction of sp³-hybridized carbons (Fsp3) is 0.900. The van der Waals surface area contributed by atoms with E-state index in [1.807, 2.05) is 13.8 Å². The van der Waals surface area contributed by atoms with E-state index in [1.165, 1.54) is 0 Å². The summed E-state index contributed by atoms with van der Waals surface area (Å²) in [6.07, 6.45) is 1.09. The molecule has 1 aliphatic heterocycles. The summed E-state index contributed by atoms with van der Waals surface area (Å²) in [6.45, 7) is 6.57. The van der Waals surface area contributed by atoms with E-state index < -0.39 is 0 Å². The number of hydrogen-bond acceptors (Lipinski definition) is 4. The molecule has 0 aromatic rings. The first-order chi connectivity index (χ1) is 6.74. The fourth-order valence-corrected chi connectivity index (χ4v) is 1.44. The van der Waals surface area contributed by atoms with Gasteiger partial charge in [-0.2, -0.15) is 0 Å². The van der Waals surface area contributed by atoms with Crippen LogP contribution in [0.5, 0.6) is 0 Å². The smallest absolute Gasteiger partial charge is 0.322 e. The molecule has 1 saturated heterocycles. The number of nitrogens with one attached hydrogen (secondary N) is 1. The van der Waals surface area contributed by atoms with Crippen molar-refractivity contribution in [3.8, 4) is 0 Å². The molecule has 0 spiro atoms. The number of carbonyl (C=O) groups excluding carboxylic acids is 1. The summed E-state index contributed by atoms with van der Waals surface area (Å²) in [6, 6.07) is -0.212. The molecule has 14 heavy (non-hydrogen) atoms. The molecule has 0 saturated carbocycles. The fourth-order valence-electron chi connectivity index (χ4n) is 1.44.